The van der Waals surface area contributed by atoms with Crippen LogP contribution in [-0.4, -0.2) is 61.8 Å². The number of carbonyl (C=O) groups excluding carboxylic acids is 2. The zero-order chi connectivity index (χ0) is 12.2. The Morgan fingerprint density at radius 2 is 1.56 bits per heavy atom. The van der Waals surface area contributed by atoms with Crippen LogP contribution in [0.1, 0.15) is 6.42 Å². The summed E-state index contributed by atoms with van der Waals surface area (Å²) in [5, 5.41) is 16.7. The topological polar surface area (TPSA) is 102 Å². The lowest BCUT2D eigenvalue weighted by Gasteiger charge is -2.04. The van der Waals surface area contributed by atoms with E-state index in [1.165, 1.54) is 0 Å². The first-order chi connectivity index (χ1) is 7.72. The smallest absolute Gasteiger partial charge is 0.374 e. The van der Waals surface area contributed by atoms with Crippen molar-refractivity contribution in [2.45, 2.75) is 6.42 Å². The number of carbonyl (C=O) groups is 2. The molecule has 0 unspecified atom stereocenters. The molecule has 0 aliphatic carbocycles. The third-order valence-electron chi connectivity index (χ3n) is 1.43. The maximum absolute atomic E-state index is 11.0. The van der Waals surface area contributed by atoms with Gasteiger partial charge in [-0.1, -0.05) is 0 Å². The maximum atomic E-state index is 11.0. The van der Waals surface area contributed by atoms with Crippen LogP contribution in [0.2, 0.25) is 0 Å². The first-order valence-corrected chi connectivity index (χ1v) is 4.79. The van der Waals surface area contributed by atoms with Crippen molar-refractivity contribution in [3.8, 4) is 0 Å². The van der Waals surface area contributed by atoms with E-state index in [1.807, 2.05) is 0 Å². The summed E-state index contributed by atoms with van der Waals surface area (Å²) >= 11 is 0. The van der Waals surface area contributed by atoms with Crippen molar-refractivity contribution in [1.82, 2.24) is 0 Å². The molecule has 0 rings (SSSR count). The summed E-state index contributed by atoms with van der Waals surface area (Å²) in [5.41, 5.74) is 0. The summed E-state index contributed by atoms with van der Waals surface area (Å²) in [6.45, 7) is -0.449. The Labute approximate surface area is 92.9 Å². The fourth-order valence-corrected chi connectivity index (χ4v) is 0.727. The summed E-state index contributed by atoms with van der Waals surface area (Å²) in [7, 11) is 0. The van der Waals surface area contributed by atoms with E-state index in [0.29, 0.717) is 0 Å². The van der Waals surface area contributed by atoms with Crippen molar-refractivity contribution in [3.05, 3.63) is 0 Å². The number of esters is 1. The number of hydrogen-bond acceptors (Lipinski definition) is 7. The van der Waals surface area contributed by atoms with Gasteiger partial charge in [-0.3, -0.25) is 4.79 Å². The van der Waals surface area contributed by atoms with Crippen LogP contribution in [0.15, 0.2) is 0 Å². The zero-order valence-corrected chi connectivity index (χ0v) is 8.89. The van der Waals surface area contributed by atoms with Crippen LogP contribution in [0.25, 0.3) is 0 Å². The second-order valence-corrected chi connectivity index (χ2v) is 2.69. The van der Waals surface area contributed by atoms with E-state index in [1.54, 1.807) is 0 Å². The van der Waals surface area contributed by atoms with E-state index in [0.717, 1.165) is 0 Å². The monoisotopic (exact) mass is 236 g/mol. The molecule has 0 aliphatic heterocycles. The molecule has 0 radical (unpaired) electrons. The van der Waals surface area contributed by atoms with Crippen molar-refractivity contribution >= 4 is 11.8 Å². The van der Waals surface area contributed by atoms with Crippen LogP contribution in [-0.2, 0) is 23.8 Å². The highest BCUT2D eigenvalue weighted by atomic mass is 16.7. The molecule has 2 N–H and O–H groups in total. The van der Waals surface area contributed by atoms with E-state index < -0.39 is 11.8 Å². The fraction of sp³-hybridized carbons (Fsp3) is 0.778. The molecule has 94 valence electrons. The SMILES string of the molecule is O=C(CCOCOCCO)C(=O)OCCO. The zero-order valence-electron chi connectivity index (χ0n) is 8.89. The summed E-state index contributed by atoms with van der Waals surface area (Å²) in [5.74, 6) is -1.69. The van der Waals surface area contributed by atoms with Gasteiger partial charge in [-0.05, 0) is 0 Å². The molecule has 0 saturated carbocycles. The van der Waals surface area contributed by atoms with Crippen molar-refractivity contribution < 1.29 is 34.0 Å². The molecule has 16 heavy (non-hydrogen) atoms. The van der Waals surface area contributed by atoms with Crippen LogP contribution >= 0.6 is 0 Å². The van der Waals surface area contributed by atoms with Gasteiger partial charge in [0, 0.05) is 6.42 Å². The summed E-state index contributed by atoms with van der Waals surface area (Å²) < 4.78 is 14.0. The molecule has 0 aromatic carbocycles. The number of aliphatic hydroxyl groups excluding tert-OH is 2. The van der Waals surface area contributed by atoms with E-state index in [-0.39, 0.29) is 46.2 Å². The predicted molar refractivity (Wildman–Crippen MR) is 51.5 cm³/mol. The lowest BCUT2D eigenvalue weighted by atomic mass is 10.3. The Bertz CT molecular complexity index is 204. The third kappa shape index (κ3) is 8.30. The molecular weight excluding hydrogens is 220 g/mol. The van der Waals surface area contributed by atoms with Gasteiger partial charge < -0.3 is 24.4 Å². The van der Waals surface area contributed by atoms with Gasteiger partial charge >= 0.3 is 5.97 Å². The van der Waals surface area contributed by atoms with Crippen LogP contribution in [0, 0.1) is 0 Å². The lowest BCUT2D eigenvalue weighted by molar-refractivity contribution is -0.155. The van der Waals surface area contributed by atoms with E-state index in [9.17, 15) is 9.59 Å². The summed E-state index contributed by atoms with van der Waals surface area (Å²) in [6, 6.07) is 0. The van der Waals surface area contributed by atoms with Gasteiger partial charge in [0.05, 0.1) is 26.4 Å². The lowest BCUT2D eigenvalue weighted by Crippen LogP contribution is -2.20. The minimum absolute atomic E-state index is 0.0402. The van der Waals surface area contributed by atoms with Gasteiger partial charge in [-0.2, -0.15) is 0 Å². The van der Waals surface area contributed by atoms with E-state index >= 15 is 0 Å². The van der Waals surface area contributed by atoms with Gasteiger partial charge in [0.2, 0.25) is 5.78 Å². The molecule has 7 nitrogen and oxygen atoms in total. The van der Waals surface area contributed by atoms with Crippen molar-refractivity contribution in [2.75, 3.05) is 39.8 Å². The summed E-state index contributed by atoms with van der Waals surface area (Å²) in [6.07, 6.45) is -0.104. The summed E-state index contributed by atoms with van der Waals surface area (Å²) in [4.78, 5) is 21.9. The van der Waals surface area contributed by atoms with Gasteiger partial charge in [0.15, 0.2) is 0 Å². The first-order valence-electron chi connectivity index (χ1n) is 4.79. The Balaban J connectivity index is 3.39. The largest absolute Gasteiger partial charge is 0.458 e. The van der Waals surface area contributed by atoms with Crippen LogP contribution in [0.3, 0.4) is 0 Å². The number of aliphatic hydroxyl groups is 2. The second-order valence-electron chi connectivity index (χ2n) is 2.69. The Hall–Kier alpha value is -1.02. The van der Waals surface area contributed by atoms with Gasteiger partial charge in [0.1, 0.15) is 13.4 Å². The number of ketones is 1. The van der Waals surface area contributed by atoms with Crippen LogP contribution in [0.4, 0.5) is 0 Å². The molecule has 0 atom stereocenters. The maximum Gasteiger partial charge on any atom is 0.374 e. The molecule has 0 bridgehead atoms. The minimum atomic E-state index is -0.978. The Kier molecular flexibility index (Phi) is 9.83. The Morgan fingerprint density at radius 3 is 2.19 bits per heavy atom. The average molecular weight is 236 g/mol. The molecule has 0 fully saturated rings. The number of Topliss-reactive ketones (excluding diaryl/α,β-unsaturated/α-hetero) is 1. The molecule has 7 heteroatoms. The highest BCUT2D eigenvalue weighted by Gasteiger charge is 2.14. The second kappa shape index (κ2) is 10.5. The third-order valence-corrected chi connectivity index (χ3v) is 1.43. The quantitative estimate of drug-likeness (QED) is 0.205. The normalized spacial score (nSPS) is 10.1. The number of ether oxygens (including phenoxy) is 3. The van der Waals surface area contributed by atoms with Gasteiger partial charge in [0.25, 0.3) is 0 Å². The Morgan fingerprint density at radius 1 is 0.938 bits per heavy atom. The standard InChI is InChI=1S/C9H16O7/c10-2-5-15-7-14-4-1-8(12)9(13)16-6-3-11/h10-11H,1-7H2. The average Bonchev–Trinajstić information content (AvgIpc) is 2.30. The first kappa shape index (κ1) is 15.0. The molecule has 0 heterocycles. The van der Waals surface area contributed by atoms with Gasteiger partial charge in [-0.15, -0.1) is 0 Å². The van der Waals surface area contributed by atoms with E-state index in [4.69, 9.17) is 19.7 Å². The van der Waals surface area contributed by atoms with Gasteiger partial charge in [-0.25, -0.2) is 4.79 Å². The highest BCUT2D eigenvalue weighted by molar-refractivity contribution is 6.33. The molecule has 0 spiro atoms. The molecule has 0 saturated heterocycles. The van der Waals surface area contributed by atoms with Crippen LogP contribution in [0.5, 0.6) is 0 Å². The molecular formula is C9H16O7. The number of hydrogen-bond donors (Lipinski definition) is 2. The highest BCUT2D eigenvalue weighted by Crippen LogP contribution is 1.90. The van der Waals surface area contributed by atoms with Crippen molar-refractivity contribution in [3.63, 3.8) is 0 Å². The minimum Gasteiger partial charge on any atom is -0.458 e. The molecule has 0 aromatic rings. The van der Waals surface area contributed by atoms with Crippen molar-refractivity contribution in [2.24, 2.45) is 0 Å². The molecule has 0 aliphatic rings. The fourth-order valence-electron chi connectivity index (χ4n) is 0.727. The molecule has 0 amide bonds. The van der Waals surface area contributed by atoms with Crippen molar-refractivity contribution in [1.29, 1.82) is 0 Å². The van der Waals surface area contributed by atoms with Crippen LogP contribution < -0.4 is 0 Å². The predicted octanol–water partition coefficient (Wildman–Crippen LogP) is -1.54. The molecule has 0 aromatic heterocycles. The number of rotatable bonds is 10. The van der Waals surface area contributed by atoms with E-state index in [2.05, 4.69) is 4.74 Å².